The van der Waals surface area contributed by atoms with Gasteiger partial charge in [0, 0.05) is 53.8 Å². The highest BCUT2D eigenvalue weighted by Crippen LogP contribution is 2.55. The molecule has 3 aliphatic heterocycles. The summed E-state index contributed by atoms with van der Waals surface area (Å²) in [7, 11) is 0. The van der Waals surface area contributed by atoms with Crippen molar-refractivity contribution in [2.24, 2.45) is 10.8 Å². The van der Waals surface area contributed by atoms with E-state index in [1.807, 2.05) is 103 Å². The molecule has 3 aliphatic carbocycles. The number of hydrogen-bond acceptors (Lipinski definition) is 11. The van der Waals surface area contributed by atoms with Crippen molar-refractivity contribution in [2.75, 3.05) is 29.4 Å². The van der Waals surface area contributed by atoms with Gasteiger partial charge in [-0.2, -0.15) is 0 Å². The second-order valence-electron chi connectivity index (χ2n) is 22.1. The van der Waals surface area contributed by atoms with E-state index < -0.39 is 27.1 Å². The lowest BCUT2D eigenvalue weighted by molar-refractivity contribution is -0.127. The van der Waals surface area contributed by atoms with E-state index in [1.165, 1.54) is 12.2 Å². The number of amides is 3. The lowest BCUT2D eigenvalue weighted by atomic mass is 9.56. The van der Waals surface area contributed by atoms with Crippen LogP contribution in [0.1, 0.15) is 81.2 Å². The van der Waals surface area contributed by atoms with Crippen LogP contribution in [0.2, 0.25) is 0 Å². The van der Waals surface area contributed by atoms with E-state index in [0.717, 1.165) is 33.6 Å². The topological polar surface area (TPSA) is 190 Å². The van der Waals surface area contributed by atoms with Crippen LogP contribution in [0, 0.1) is 37.8 Å². The van der Waals surface area contributed by atoms with Crippen molar-refractivity contribution in [1.82, 2.24) is 30.4 Å². The number of benzene rings is 3. The first-order chi connectivity index (χ1) is 38.2. The summed E-state index contributed by atoms with van der Waals surface area (Å²) in [6.45, 7) is 31.2. The Bertz CT molecular complexity index is 3620. The number of nitrogens with zero attached hydrogens (tertiary/aromatic N) is 9. The number of aryl methyl sites for hydroxylation is 2. The second-order valence-corrected chi connectivity index (χ2v) is 22.1. The third-order valence-corrected chi connectivity index (χ3v) is 16.4. The SMILES string of the molecule is CC1(C)C2=CCNC(=O)C2(c2ccccc2)Cc2cnoc21.[C-]#[N+]C1=C[C@@]2(c3ccccc3)C(=O)N(c3ccnc(C)n3)CC=C2C(C)(C)C1=O.[C-]#[N+]C1=C[C@]2(c3ccccc3)C(=O)N(c3ccnc(C)n3)CC=C2C(C)(C)C1=O. The van der Waals surface area contributed by atoms with Crippen LogP contribution in [0.25, 0.3) is 9.69 Å². The summed E-state index contributed by atoms with van der Waals surface area (Å²) < 4.78 is 5.51. The van der Waals surface area contributed by atoms with E-state index in [-0.39, 0.29) is 46.1 Å². The number of Topliss-reactive ketones (excluding diaryl/α,β-unsaturated/α-hetero) is 2. The number of carbonyl (C=O) groups is 5. The molecular weight excluding hydrogens is 1000 g/mol. The summed E-state index contributed by atoms with van der Waals surface area (Å²) in [6.07, 6.45) is 14.7. The highest BCUT2D eigenvalue weighted by Gasteiger charge is 2.59. The third-order valence-electron chi connectivity index (χ3n) is 16.4. The second kappa shape index (κ2) is 20.0. The van der Waals surface area contributed by atoms with Crippen LogP contribution >= 0.6 is 0 Å². The van der Waals surface area contributed by atoms with Crippen molar-refractivity contribution < 1.29 is 28.5 Å². The number of nitrogens with one attached hydrogen (secondary N) is 1. The van der Waals surface area contributed by atoms with Crippen molar-refractivity contribution in [3.63, 3.8) is 0 Å². The fraction of sp³-hybridized carbons (Fsp3) is 0.281. The zero-order valence-corrected chi connectivity index (χ0v) is 45.7. The summed E-state index contributed by atoms with van der Waals surface area (Å²) >= 11 is 0. The van der Waals surface area contributed by atoms with Gasteiger partial charge in [0.2, 0.25) is 29.1 Å². The summed E-state index contributed by atoms with van der Waals surface area (Å²) in [6, 6.07) is 32.1. The number of carbonyl (C=O) groups excluding carboxylic acids is 5. The van der Waals surface area contributed by atoms with Crippen molar-refractivity contribution >= 4 is 40.9 Å². The molecule has 0 radical (unpaired) electrons. The molecule has 16 heteroatoms. The average Bonchev–Trinajstić information content (AvgIpc) is 3.96. The molecule has 12 rings (SSSR count). The van der Waals surface area contributed by atoms with E-state index in [1.54, 1.807) is 82.1 Å². The van der Waals surface area contributed by atoms with E-state index in [9.17, 15) is 24.0 Å². The standard InChI is InChI=1S/2C23H20N4O2.C18H18N2O2/c2*1-15-25-12-10-19(26-15)27-13-11-18-22(2,3)20(28)17(24-4)14-23(18,21(27)29)16-8-6-5-7-9-16;1-17(2)14-8-9-19-16(21)18(14,13-6-4-3-5-7-13)10-12-11-20-22-15(12)17/h2*5-12,14H,13H2,1-3H3;3-8,11H,9-10H2,1-2H3,(H,19,21)/t2*23-;/m10./s1. The molecule has 1 N–H and O–H groups in total. The van der Waals surface area contributed by atoms with Gasteiger partial charge in [0.15, 0.2) is 11.6 Å². The van der Waals surface area contributed by atoms with Gasteiger partial charge in [-0.1, -0.05) is 154 Å². The fourth-order valence-electron chi connectivity index (χ4n) is 12.7. The third kappa shape index (κ3) is 8.32. The van der Waals surface area contributed by atoms with Gasteiger partial charge >= 0.3 is 0 Å². The maximum atomic E-state index is 14.0. The van der Waals surface area contributed by atoms with Gasteiger partial charge in [-0.15, -0.1) is 0 Å². The van der Waals surface area contributed by atoms with Gasteiger partial charge in [-0.05, 0) is 79.7 Å². The molecule has 3 amide bonds. The highest BCUT2D eigenvalue weighted by molar-refractivity contribution is 6.15. The maximum absolute atomic E-state index is 14.0. The van der Waals surface area contributed by atoms with Crippen molar-refractivity contribution in [3.05, 3.63) is 243 Å². The number of ketones is 2. The molecule has 6 aromatic rings. The first-order valence-corrected chi connectivity index (χ1v) is 26.3. The first kappa shape index (κ1) is 53.8. The van der Waals surface area contributed by atoms with Crippen molar-refractivity contribution in [2.45, 2.75) is 83.5 Å². The van der Waals surface area contributed by atoms with Crippen LogP contribution in [-0.2, 0) is 52.1 Å². The van der Waals surface area contributed by atoms with Crippen molar-refractivity contribution in [1.29, 1.82) is 0 Å². The van der Waals surface area contributed by atoms with E-state index in [0.29, 0.717) is 60.5 Å². The van der Waals surface area contributed by atoms with Gasteiger partial charge in [0.1, 0.15) is 45.3 Å². The molecule has 80 heavy (non-hydrogen) atoms. The number of fused-ring (bicyclic) bond motifs is 4. The van der Waals surface area contributed by atoms with Crippen LogP contribution in [0.4, 0.5) is 11.6 Å². The maximum Gasteiger partial charge on any atom is 0.245 e. The zero-order chi connectivity index (χ0) is 57.0. The monoisotopic (exact) mass is 1060 g/mol. The molecule has 0 bridgehead atoms. The summed E-state index contributed by atoms with van der Waals surface area (Å²) in [5.41, 5.74) is 0.616. The Balaban J connectivity index is 0.000000136. The molecule has 3 atom stereocenters. The van der Waals surface area contributed by atoms with Crippen LogP contribution in [0.5, 0.6) is 0 Å². The Labute approximate surface area is 464 Å². The van der Waals surface area contributed by atoms with Crippen LogP contribution in [0.15, 0.2) is 185 Å². The average molecular weight is 1060 g/mol. The summed E-state index contributed by atoms with van der Waals surface area (Å²) in [5, 5.41) is 6.99. The quantitative estimate of drug-likeness (QED) is 0.128. The van der Waals surface area contributed by atoms with E-state index >= 15 is 0 Å². The minimum atomic E-state index is -1.23. The smallest absolute Gasteiger partial charge is 0.245 e. The minimum Gasteiger partial charge on any atom is -0.360 e. The number of aromatic nitrogens is 5. The Kier molecular flexibility index (Phi) is 13.5. The summed E-state index contributed by atoms with van der Waals surface area (Å²) in [4.78, 5) is 94.1. The van der Waals surface area contributed by atoms with Crippen molar-refractivity contribution in [3.8, 4) is 0 Å². The normalized spacial score (nSPS) is 23.8. The number of allylic oxidation sites excluding steroid dienone is 2. The molecule has 1 unspecified atom stereocenters. The predicted octanol–water partition coefficient (Wildman–Crippen LogP) is 9.32. The Hall–Kier alpha value is -9.54. The number of rotatable bonds is 5. The molecule has 0 fully saturated rings. The Morgan fingerprint density at radius 2 is 1.00 bits per heavy atom. The molecule has 3 aromatic carbocycles. The van der Waals surface area contributed by atoms with Gasteiger partial charge in [-0.3, -0.25) is 24.2 Å². The minimum absolute atomic E-state index is 0.00919. The zero-order valence-electron chi connectivity index (χ0n) is 45.7. The highest BCUT2D eigenvalue weighted by atomic mass is 16.5. The molecule has 3 aromatic heterocycles. The molecule has 0 saturated carbocycles. The van der Waals surface area contributed by atoms with Crippen LogP contribution in [0.3, 0.4) is 0 Å². The van der Waals surface area contributed by atoms with E-state index in [2.05, 4.69) is 60.0 Å². The lowest BCUT2D eigenvalue weighted by Crippen LogP contribution is -2.57. The molecule has 16 nitrogen and oxygen atoms in total. The fourth-order valence-corrected chi connectivity index (χ4v) is 12.7. The lowest BCUT2D eigenvalue weighted by Gasteiger charge is -2.48. The largest absolute Gasteiger partial charge is 0.360 e. The summed E-state index contributed by atoms with van der Waals surface area (Å²) in [5.74, 6) is 2.11. The molecule has 400 valence electrons. The molecule has 0 saturated heterocycles. The van der Waals surface area contributed by atoms with Gasteiger partial charge in [0.05, 0.1) is 19.3 Å². The Morgan fingerprint density at radius 3 is 1.43 bits per heavy atom. The molecule has 0 spiro atoms. The van der Waals surface area contributed by atoms with E-state index in [4.69, 9.17) is 17.7 Å². The van der Waals surface area contributed by atoms with Gasteiger partial charge in [0.25, 0.3) is 0 Å². The number of anilines is 2. The first-order valence-electron chi connectivity index (χ1n) is 26.3. The molecular formula is C64H58N10O6. The van der Waals surface area contributed by atoms with Crippen LogP contribution < -0.4 is 15.1 Å². The Morgan fingerprint density at radius 1 is 0.562 bits per heavy atom. The van der Waals surface area contributed by atoms with Gasteiger partial charge < -0.3 is 19.4 Å². The predicted molar refractivity (Wildman–Crippen MR) is 300 cm³/mol. The van der Waals surface area contributed by atoms with Gasteiger partial charge in [-0.25, -0.2) is 29.6 Å². The molecule has 6 aliphatic rings. The molecule has 6 heterocycles. The van der Waals surface area contributed by atoms with Crippen LogP contribution in [-0.4, -0.2) is 74.0 Å². The number of hydrogen-bond donors (Lipinski definition) is 1.